The van der Waals surface area contributed by atoms with E-state index in [0.717, 1.165) is 11.3 Å². The van der Waals surface area contributed by atoms with Crippen LogP contribution in [0.15, 0.2) is 18.2 Å². The molecule has 0 saturated heterocycles. The SMILES string of the molecule is COc1cc(C)ccc1C(C)(C)N. The van der Waals surface area contributed by atoms with Crippen LogP contribution in [0.3, 0.4) is 0 Å². The summed E-state index contributed by atoms with van der Waals surface area (Å²) in [6, 6.07) is 6.07. The van der Waals surface area contributed by atoms with Gasteiger partial charge in [-0.1, -0.05) is 12.1 Å². The molecule has 0 spiro atoms. The van der Waals surface area contributed by atoms with Crippen LogP contribution in [0.4, 0.5) is 0 Å². The first-order valence-corrected chi connectivity index (χ1v) is 4.39. The molecule has 0 radical (unpaired) electrons. The molecule has 2 heteroatoms. The number of hydrogen-bond acceptors (Lipinski definition) is 2. The van der Waals surface area contributed by atoms with Crippen molar-refractivity contribution in [3.05, 3.63) is 29.3 Å². The average molecular weight is 179 g/mol. The highest BCUT2D eigenvalue weighted by atomic mass is 16.5. The third-order valence-electron chi connectivity index (χ3n) is 2.05. The van der Waals surface area contributed by atoms with Gasteiger partial charge in [0.15, 0.2) is 0 Å². The smallest absolute Gasteiger partial charge is 0.124 e. The van der Waals surface area contributed by atoms with E-state index in [1.54, 1.807) is 7.11 Å². The van der Waals surface area contributed by atoms with Crippen molar-refractivity contribution >= 4 is 0 Å². The summed E-state index contributed by atoms with van der Waals surface area (Å²) in [5.41, 5.74) is 7.88. The zero-order valence-corrected chi connectivity index (χ0v) is 8.72. The minimum atomic E-state index is -0.348. The third kappa shape index (κ3) is 2.22. The Morgan fingerprint density at radius 2 is 1.92 bits per heavy atom. The van der Waals surface area contributed by atoms with Crippen LogP contribution in [0.5, 0.6) is 5.75 Å². The Balaban J connectivity index is 3.22. The van der Waals surface area contributed by atoms with Crippen LogP contribution in [0.1, 0.15) is 25.0 Å². The lowest BCUT2D eigenvalue weighted by Gasteiger charge is -2.22. The maximum Gasteiger partial charge on any atom is 0.124 e. The fourth-order valence-corrected chi connectivity index (χ4v) is 1.33. The summed E-state index contributed by atoms with van der Waals surface area (Å²) in [5.74, 6) is 0.868. The highest BCUT2D eigenvalue weighted by molar-refractivity contribution is 5.40. The molecule has 0 unspecified atom stereocenters. The van der Waals surface area contributed by atoms with Gasteiger partial charge in [0.25, 0.3) is 0 Å². The van der Waals surface area contributed by atoms with Gasteiger partial charge in [-0.05, 0) is 32.4 Å². The van der Waals surface area contributed by atoms with Crippen LogP contribution in [0, 0.1) is 6.92 Å². The van der Waals surface area contributed by atoms with Crippen molar-refractivity contribution in [1.82, 2.24) is 0 Å². The van der Waals surface area contributed by atoms with E-state index in [9.17, 15) is 0 Å². The number of methoxy groups -OCH3 is 1. The largest absolute Gasteiger partial charge is 0.496 e. The first kappa shape index (κ1) is 10.1. The van der Waals surface area contributed by atoms with E-state index < -0.39 is 0 Å². The summed E-state index contributed by atoms with van der Waals surface area (Å²) in [4.78, 5) is 0. The Labute approximate surface area is 79.7 Å². The Morgan fingerprint density at radius 1 is 1.31 bits per heavy atom. The quantitative estimate of drug-likeness (QED) is 0.755. The van der Waals surface area contributed by atoms with Gasteiger partial charge in [0.05, 0.1) is 7.11 Å². The number of aryl methyl sites for hydroxylation is 1. The lowest BCUT2D eigenvalue weighted by Crippen LogP contribution is -2.29. The maximum absolute atomic E-state index is 6.00. The van der Waals surface area contributed by atoms with Crippen molar-refractivity contribution in [2.24, 2.45) is 5.73 Å². The second-order valence-corrected chi connectivity index (χ2v) is 3.93. The Bertz CT molecular complexity index is 299. The lowest BCUT2D eigenvalue weighted by atomic mass is 9.94. The number of hydrogen-bond donors (Lipinski definition) is 1. The molecule has 0 atom stereocenters. The van der Waals surface area contributed by atoms with Crippen LogP contribution in [-0.4, -0.2) is 7.11 Å². The summed E-state index contributed by atoms with van der Waals surface area (Å²) < 4.78 is 5.27. The van der Waals surface area contributed by atoms with E-state index in [1.165, 1.54) is 5.56 Å². The van der Waals surface area contributed by atoms with Gasteiger partial charge in [0.2, 0.25) is 0 Å². The number of ether oxygens (including phenoxy) is 1. The normalized spacial score (nSPS) is 11.5. The standard InChI is InChI=1S/C11H17NO/c1-8-5-6-9(11(2,3)12)10(7-8)13-4/h5-7H,12H2,1-4H3. The predicted molar refractivity (Wildman–Crippen MR) is 54.9 cm³/mol. The van der Waals surface area contributed by atoms with Crippen molar-refractivity contribution in [1.29, 1.82) is 0 Å². The molecule has 0 aromatic heterocycles. The van der Waals surface area contributed by atoms with Crippen molar-refractivity contribution in [3.8, 4) is 5.75 Å². The van der Waals surface area contributed by atoms with Crippen molar-refractivity contribution in [3.63, 3.8) is 0 Å². The van der Waals surface area contributed by atoms with Gasteiger partial charge in [-0.15, -0.1) is 0 Å². The molecule has 1 aromatic carbocycles. The summed E-state index contributed by atoms with van der Waals surface area (Å²) in [6.07, 6.45) is 0. The minimum Gasteiger partial charge on any atom is -0.496 e. The van der Waals surface area contributed by atoms with E-state index in [-0.39, 0.29) is 5.54 Å². The molecule has 13 heavy (non-hydrogen) atoms. The predicted octanol–water partition coefficient (Wildman–Crippen LogP) is 2.20. The average Bonchev–Trinajstić information content (AvgIpc) is 2.01. The zero-order chi connectivity index (χ0) is 10.1. The highest BCUT2D eigenvalue weighted by Gasteiger charge is 2.18. The van der Waals surface area contributed by atoms with Gasteiger partial charge in [0, 0.05) is 11.1 Å². The highest BCUT2D eigenvalue weighted by Crippen LogP contribution is 2.28. The molecule has 0 bridgehead atoms. The summed E-state index contributed by atoms with van der Waals surface area (Å²) in [5, 5.41) is 0. The fraction of sp³-hybridized carbons (Fsp3) is 0.455. The molecule has 1 rings (SSSR count). The van der Waals surface area contributed by atoms with Crippen LogP contribution < -0.4 is 10.5 Å². The lowest BCUT2D eigenvalue weighted by molar-refractivity contribution is 0.394. The van der Waals surface area contributed by atoms with Gasteiger partial charge in [-0.3, -0.25) is 0 Å². The number of rotatable bonds is 2. The monoisotopic (exact) mass is 179 g/mol. The molecule has 0 aliphatic heterocycles. The molecule has 2 N–H and O–H groups in total. The fourth-order valence-electron chi connectivity index (χ4n) is 1.33. The summed E-state index contributed by atoms with van der Waals surface area (Å²) in [6.45, 7) is 5.98. The molecular formula is C11H17NO. The van der Waals surface area contributed by atoms with Gasteiger partial charge >= 0.3 is 0 Å². The second-order valence-electron chi connectivity index (χ2n) is 3.93. The van der Waals surface area contributed by atoms with Crippen molar-refractivity contribution < 1.29 is 4.74 Å². The van der Waals surface area contributed by atoms with Gasteiger partial charge in [0.1, 0.15) is 5.75 Å². The zero-order valence-electron chi connectivity index (χ0n) is 8.72. The Kier molecular flexibility index (Phi) is 2.62. The molecule has 0 saturated carbocycles. The Hall–Kier alpha value is -1.02. The van der Waals surface area contributed by atoms with Gasteiger partial charge < -0.3 is 10.5 Å². The molecule has 0 amide bonds. The van der Waals surface area contributed by atoms with Crippen molar-refractivity contribution in [2.45, 2.75) is 26.3 Å². The molecule has 0 fully saturated rings. The van der Waals surface area contributed by atoms with Crippen LogP contribution in [0.2, 0.25) is 0 Å². The van der Waals surface area contributed by atoms with E-state index in [2.05, 4.69) is 0 Å². The number of nitrogens with two attached hydrogens (primary N) is 1. The minimum absolute atomic E-state index is 0.348. The van der Waals surface area contributed by atoms with E-state index in [4.69, 9.17) is 10.5 Å². The molecule has 0 heterocycles. The first-order chi connectivity index (χ1) is 5.95. The molecule has 72 valence electrons. The molecule has 0 aliphatic rings. The van der Waals surface area contributed by atoms with Crippen LogP contribution in [-0.2, 0) is 5.54 Å². The maximum atomic E-state index is 6.00. The van der Waals surface area contributed by atoms with E-state index in [0.29, 0.717) is 0 Å². The Morgan fingerprint density at radius 3 is 2.38 bits per heavy atom. The van der Waals surface area contributed by atoms with Gasteiger partial charge in [-0.2, -0.15) is 0 Å². The molecular weight excluding hydrogens is 162 g/mol. The van der Waals surface area contributed by atoms with Crippen LogP contribution in [0.25, 0.3) is 0 Å². The third-order valence-corrected chi connectivity index (χ3v) is 2.05. The second kappa shape index (κ2) is 3.38. The molecule has 0 aliphatic carbocycles. The first-order valence-electron chi connectivity index (χ1n) is 4.39. The topological polar surface area (TPSA) is 35.2 Å². The molecule has 2 nitrogen and oxygen atoms in total. The summed E-state index contributed by atoms with van der Waals surface area (Å²) >= 11 is 0. The number of benzene rings is 1. The summed E-state index contributed by atoms with van der Waals surface area (Å²) in [7, 11) is 1.67. The van der Waals surface area contributed by atoms with E-state index in [1.807, 2.05) is 39.0 Å². The molecule has 1 aromatic rings. The van der Waals surface area contributed by atoms with Crippen LogP contribution >= 0.6 is 0 Å². The van der Waals surface area contributed by atoms with E-state index >= 15 is 0 Å². The van der Waals surface area contributed by atoms with Gasteiger partial charge in [-0.25, -0.2) is 0 Å². The van der Waals surface area contributed by atoms with Crippen molar-refractivity contribution in [2.75, 3.05) is 7.11 Å².